The summed E-state index contributed by atoms with van der Waals surface area (Å²) >= 11 is 1.06. The molecule has 7 nitrogen and oxygen atoms in total. The molecule has 0 fully saturated rings. The van der Waals surface area contributed by atoms with Crippen LogP contribution in [0, 0.1) is 0 Å². The van der Waals surface area contributed by atoms with Gasteiger partial charge < -0.3 is 15.7 Å². The smallest absolute Gasteiger partial charge is 0.311 e. The van der Waals surface area contributed by atoms with E-state index in [-0.39, 0.29) is 17.1 Å². The van der Waals surface area contributed by atoms with Crippen molar-refractivity contribution in [1.29, 1.82) is 0 Å². The van der Waals surface area contributed by atoms with E-state index in [0.29, 0.717) is 12.3 Å². The highest BCUT2D eigenvalue weighted by Crippen LogP contribution is 2.12. The molecule has 0 unspecified atom stereocenters. The van der Waals surface area contributed by atoms with Crippen LogP contribution in [0.25, 0.3) is 0 Å². The Bertz CT molecular complexity index is 455. The summed E-state index contributed by atoms with van der Waals surface area (Å²) in [6, 6.07) is 0. The zero-order chi connectivity index (χ0) is 12.8. The van der Waals surface area contributed by atoms with Gasteiger partial charge in [0, 0.05) is 5.38 Å². The number of hydrogen-bond acceptors (Lipinski definition) is 7. The van der Waals surface area contributed by atoms with Crippen molar-refractivity contribution in [2.75, 3.05) is 6.61 Å². The molecule has 17 heavy (non-hydrogen) atoms. The summed E-state index contributed by atoms with van der Waals surface area (Å²) in [6.07, 6.45) is 0.00180. The Morgan fingerprint density at radius 1 is 1.65 bits per heavy atom. The molecule has 3 N–H and O–H groups in total. The van der Waals surface area contributed by atoms with Crippen LogP contribution in [0.3, 0.4) is 0 Å². The van der Waals surface area contributed by atoms with E-state index in [0.717, 1.165) is 11.3 Å². The summed E-state index contributed by atoms with van der Waals surface area (Å²) in [5.74, 6) is -1.30. The van der Waals surface area contributed by atoms with Crippen LogP contribution in [0.2, 0.25) is 0 Å². The number of thiazole rings is 1. The zero-order valence-corrected chi connectivity index (χ0v) is 9.86. The van der Waals surface area contributed by atoms with Gasteiger partial charge in [-0.15, -0.1) is 11.3 Å². The average molecular weight is 257 g/mol. The largest absolute Gasteiger partial charge is 0.466 e. The molecular weight excluding hydrogens is 246 g/mol. The zero-order valence-electron chi connectivity index (χ0n) is 9.04. The van der Waals surface area contributed by atoms with Gasteiger partial charge in [0.05, 0.1) is 18.7 Å². The number of aromatic nitrogens is 1. The number of nitrogens with two attached hydrogens (primary N) is 1. The molecule has 0 spiro atoms. The van der Waals surface area contributed by atoms with Gasteiger partial charge in [-0.05, 0) is 6.92 Å². The van der Waals surface area contributed by atoms with E-state index < -0.39 is 11.9 Å². The first kappa shape index (κ1) is 13.1. The van der Waals surface area contributed by atoms with Crippen molar-refractivity contribution in [3.05, 3.63) is 16.1 Å². The van der Waals surface area contributed by atoms with Crippen LogP contribution >= 0.6 is 11.3 Å². The molecule has 0 aliphatic carbocycles. The number of amides is 1. The molecule has 1 heterocycles. The van der Waals surface area contributed by atoms with Crippen LogP contribution in [-0.2, 0) is 20.7 Å². The maximum atomic E-state index is 11.2. The number of oxime groups is 1. The van der Waals surface area contributed by atoms with Crippen LogP contribution in [0.4, 0.5) is 0 Å². The monoisotopic (exact) mass is 257 g/mol. The third-order valence-electron chi connectivity index (χ3n) is 1.72. The van der Waals surface area contributed by atoms with E-state index in [2.05, 4.69) is 10.1 Å². The number of esters is 1. The highest BCUT2D eigenvalue weighted by atomic mass is 32.1. The lowest BCUT2D eigenvalue weighted by Crippen LogP contribution is -2.24. The van der Waals surface area contributed by atoms with Gasteiger partial charge in [-0.1, -0.05) is 5.16 Å². The van der Waals surface area contributed by atoms with Crippen molar-refractivity contribution in [1.82, 2.24) is 4.98 Å². The molecule has 0 bridgehead atoms. The van der Waals surface area contributed by atoms with Gasteiger partial charge in [-0.3, -0.25) is 9.59 Å². The molecule has 1 amide bonds. The minimum atomic E-state index is -0.885. The summed E-state index contributed by atoms with van der Waals surface area (Å²) in [5, 5.41) is 13.1. The van der Waals surface area contributed by atoms with Crippen molar-refractivity contribution >= 4 is 28.9 Å². The van der Waals surface area contributed by atoms with E-state index in [1.165, 1.54) is 0 Å². The van der Waals surface area contributed by atoms with E-state index in [4.69, 9.17) is 15.7 Å². The van der Waals surface area contributed by atoms with E-state index >= 15 is 0 Å². The van der Waals surface area contributed by atoms with Gasteiger partial charge in [-0.2, -0.15) is 0 Å². The van der Waals surface area contributed by atoms with Crippen LogP contribution < -0.4 is 5.73 Å². The molecule has 1 rings (SSSR count). The molecule has 0 radical (unpaired) electrons. The lowest BCUT2D eigenvalue weighted by Gasteiger charge is -1.98. The second-order valence-electron chi connectivity index (χ2n) is 2.94. The number of rotatable bonds is 5. The average Bonchev–Trinajstić information content (AvgIpc) is 2.67. The quantitative estimate of drug-likeness (QED) is 0.331. The summed E-state index contributed by atoms with van der Waals surface area (Å²) in [7, 11) is 0. The Morgan fingerprint density at radius 2 is 2.35 bits per heavy atom. The van der Waals surface area contributed by atoms with Crippen LogP contribution in [-0.4, -0.2) is 34.4 Å². The van der Waals surface area contributed by atoms with Gasteiger partial charge in [-0.25, -0.2) is 4.98 Å². The highest BCUT2D eigenvalue weighted by Gasteiger charge is 2.16. The third kappa shape index (κ3) is 3.52. The molecule has 0 saturated carbocycles. The molecular formula is C9H11N3O4S. The van der Waals surface area contributed by atoms with Gasteiger partial charge in [0.25, 0.3) is 5.91 Å². The third-order valence-corrected chi connectivity index (χ3v) is 2.62. The Balaban J connectivity index is 2.78. The first-order chi connectivity index (χ1) is 8.08. The van der Waals surface area contributed by atoms with E-state index in [9.17, 15) is 9.59 Å². The van der Waals surface area contributed by atoms with Crippen molar-refractivity contribution in [2.24, 2.45) is 10.9 Å². The molecule has 1 aromatic heterocycles. The van der Waals surface area contributed by atoms with Crippen molar-refractivity contribution in [3.8, 4) is 0 Å². The topological polar surface area (TPSA) is 115 Å². The molecule has 92 valence electrons. The lowest BCUT2D eigenvalue weighted by atomic mass is 10.3. The molecule has 0 aliphatic heterocycles. The van der Waals surface area contributed by atoms with Gasteiger partial charge in [0.2, 0.25) is 5.71 Å². The molecule has 1 aromatic rings. The molecule has 0 saturated heterocycles. The maximum Gasteiger partial charge on any atom is 0.311 e. The van der Waals surface area contributed by atoms with Crippen molar-refractivity contribution in [3.63, 3.8) is 0 Å². The fourth-order valence-corrected chi connectivity index (χ4v) is 1.86. The summed E-state index contributed by atoms with van der Waals surface area (Å²) in [5.41, 5.74) is 5.09. The van der Waals surface area contributed by atoms with E-state index in [1.54, 1.807) is 12.3 Å². The number of carbonyl (C=O) groups is 2. The molecule has 0 aliphatic rings. The van der Waals surface area contributed by atoms with Crippen LogP contribution in [0.5, 0.6) is 0 Å². The summed E-state index contributed by atoms with van der Waals surface area (Å²) in [4.78, 5) is 26.0. The van der Waals surface area contributed by atoms with Gasteiger partial charge in [0.1, 0.15) is 0 Å². The number of carbonyl (C=O) groups excluding carboxylic acids is 2. The lowest BCUT2D eigenvalue weighted by molar-refractivity contribution is -0.142. The predicted molar refractivity (Wildman–Crippen MR) is 60.0 cm³/mol. The van der Waals surface area contributed by atoms with Gasteiger partial charge >= 0.3 is 5.97 Å². The van der Waals surface area contributed by atoms with Gasteiger partial charge in [0.15, 0.2) is 5.01 Å². The second-order valence-corrected chi connectivity index (χ2v) is 3.80. The number of nitrogens with zero attached hydrogens (tertiary/aromatic N) is 2. The number of ether oxygens (including phenoxy) is 1. The number of primary amides is 1. The molecule has 0 atom stereocenters. The van der Waals surface area contributed by atoms with Crippen molar-refractivity contribution in [2.45, 2.75) is 13.3 Å². The first-order valence-corrected chi connectivity index (χ1v) is 5.58. The number of hydrogen-bond donors (Lipinski definition) is 2. The van der Waals surface area contributed by atoms with E-state index in [1.807, 2.05) is 0 Å². The fraction of sp³-hybridized carbons (Fsp3) is 0.333. The fourth-order valence-electron chi connectivity index (χ4n) is 1.05. The Kier molecular flexibility index (Phi) is 4.58. The molecule has 0 aromatic carbocycles. The Labute approximate surface area is 101 Å². The maximum absolute atomic E-state index is 11.2. The molecule has 8 heteroatoms. The van der Waals surface area contributed by atoms with Crippen LogP contribution in [0.1, 0.15) is 17.6 Å². The minimum absolute atomic E-state index is 0.00180. The second kappa shape index (κ2) is 5.94. The summed E-state index contributed by atoms with van der Waals surface area (Å²) < 4.78 is 4.74. The van der Waals surface area contributed by atoms with Crippen LogP contribution in [0.15, 0.2) is 10.5 Å². The minimum Gasteiger partial charge on any atom is -0.466 e. The predicted octanol–water partition coefficient (Wildman–Crippen LogP) is -0.0877. The normalized spacial score (nSPS) is 11.2. The standard InChI is InChI=1S/C9H11N3O4S/c1-2-16-6(13)3-5-4-17-9(11-5)7(12-15)8(10)14/h4,15H,2-3H2,1H3,(H2,10,14)/b12-7+. The summed E-state index contributed by atoms with van der Waals surface area (Å²) in [6.45, 7) is 1.99. The Hall–Kier alpha value is -1.96. The first-order valence-electron chi connectivity index (χ1n) is 4.70. The SMILES string of the molecule is CCOC(=O)Cc1csc(/C(=N/O)C(N)=O)n1. The Morgan fingerprint density at radius 3 is 2.88 bits per heavy atom. The van der Waals surface area contributed by atoms with Crippen molar-refractivity contribution < 1.29 is 19.5 Å². The highest BCUT2D eigenvalue weighted by molar-refractivity contribution is 7.12.